The van der Waals surface area contributed by atoms with Crippen molar-refractivity contribution in [3.05, 3.63) is 71.0 Å². The van der Waals surface area contributed by atoms with Crippen LogP contribution in [0.3, 0.4) is 0 Å². The van der Waals surface area contributed by atoms with Crippen LogP contribution in [0.15, 0.2) is 58.3 Å². The number of rotatable bonds is 9. The standard InChI is InChI=1S/C29H38N4O5S.C2H6/c1-8-24-26(25(9-2)33(32-24)18-20(4)30-28(35)38-29(5,6)7)39(36,37)22-16-14-21(15-17-22)31-27(34)23-13-11-10-12-19(23)3;1-2/h10-17,20H,8-9,18H2,1-7H3,(H,30,35)(H,31,34);1-2H3/t20-;/m0./s1. The SMILES string of the molecule is CC.CCc1nn(C[C@H](C)NC(=O)OC(C)(C)C)c(CC)c1S(=O)(=O)c1ccc(NC(=O)c2ccccc2C)cc1. The van der Waals surface area contributed by atoms with Gasteiger partial charge < -0.3 is 15.4 Å². The molecule has 0 spiro atoms. The Kier molecular flexibility index (Phi) is 11.7. The van der Waals surface area contributed by atoms with Gasteiger partial charge in [0, 0.05) is 17.3 Å². The molecule has 2 N–H and O–H groups in total. The fourth-order valence-corrected chi connectivity index (χ4v) is 6.03. The van der Waals surface area contributed by atoms with E-state index in [2.05, 4.69) is 15.7 Å². The summed E-state index contributed by atoms with van der Waals surface area (Å²) in [5, 5.41) is 10.2. The molecule has 1 aromatic heterocycles. The second-order valence-electron chi connectivity index (χ2n) is 10.5. The molecule has 41 heavy (non-hydrogen) atoms. The van der Waals surface area contributed by atoms with Gasteiger partial charge in [-0.15, -0.1) is 0 Å². The molecular weight excluding hydrogens is 540 g/mol. The van der Waals surface area contributed by atoms with Crippen molar-refractivity contribution in [3.63, 3.8) is 0 Å². The van der Waals surface area contributed by atoms with Gasteiger partial charge in [-0.25, -0.2) is 13.2 Å². The molecular formula is C31H44N4O5S. The number of sulfone groups is 1. The van der Waals surface area contributed by atoms with Gasteiger partial charge >= 0.3 is 6.09 Å². The van der Waals surface area contributed by atoms with Crippen molar-refractivity contribution in [1.29, 1.82) is 0 Å². The Labute approximate surface area is 244 Å². The molecule has 2 aromatic carbocycles. The van der Waals surface area contributed by atoms with Crippen LogP contribution < -0.4 is 10.6 Å². The van der Waals surface area contributed by atoms with Crippen LogP contribution >= 0.6 is 0 Å². The lowest BCUT2D eigenvalue weighted by Gasteiger charge is -2.22. The Balaban J connectivity index is 0.00000287. The van der Waals surface area contributed by atoms with E-state index in [0.29, 0.717) is 35.5 Å². The monoisotopic (exact) mass is 584 g/mol. The number of benzene rings is 2. The summed E-state index contributed by atoms with van der Waals surface area (Å²) in [5.41, 5.74) is 2.30. The molecule has 3 aromatic rings. The van der Waals surface area contributed by atoms with Crippen LogP contribution in [0.25, 0.3) is 0 Å². The van der Waals surface area contributed by atoms with Crippen molar-refractivity contribution >= 4 is 27.5 Å². The summed E-state index contributed by atoms with van der Waals surface area (Å²) in [5.74, 6) is -0.263. The molecule has 10 heteroatoms. The molecule has 1 atom stereocenters. The van der Waals surface area contributed by atoms with E-state index in [0.717, 1.165) is 5.56 Å². The summed E-state index contributed by atoms with van der Waals surface area (Å²) in [7, 11) is -3.90. The maximum atomic E-state index is 13.8. The molecule has 2 amide bonds. The van der Waals surface area contributed by atoms with E-state index >= 15 is 0 Å². The van der Waals surface area contributed by atoms with E-state index in [-0.39, 0.29) is 28.3 Å². The van der Waals surface area contributed by atoms with E-state index in [9.17, 15) is 18.0 Å². The minimum absolute atomic E-state index is 0.111. The molecule has 9 nitrogen and oxygen atoms in total. The van der Waals surface area contributed by atoms with E-state index in [4.69, 9.17) is 4.74 Å². The van der Waals surface area contributed by atoms with Crippen LogP contribution in [0.4, 0.5) is 10.5 Å². The smallest absolute Gasteiger partial charge is 0.407 e. The van der Waals surface area contributed by atoms with Crippen molar-refractivity contribution in [3.8, 4) is 0 Å². The minimum Gasteiger partial charge on any atom is -0.444 e. The number of nitrogens with one attached hydrogen (secondary N) is 2. The average Bonchev–Trinajstić information content (AvgIpc) is 3.27. The number of carbonyl (C=O) groups is 2. The lowest BCUT2D eigenvalue weighted by molar-refractivity contribution is 0.0503. The molecule has 0 aliphatic carbocycles. The highest BCUT2D eigenvalue weighted by Gasteiger charge is 2.29. The van der Waals surface area contributed by atoms with Gasteiger partial charge in [0.1, 0.15) is 10.5 Å². The number of hydrogen-bond acceptors (Lipinski definition) is 6. The predicted octanol–water partition coefficient (Wildman–Crippen LogP) is 6.34. The number of hydrogen-bond donors (Lipinski definition) is 2. The van der Waals surface area contributed by atoms with Crippen molar-refractivity contribution < 1.29 is 22.7 Å². The number of alkyl carbamates (subject to hydrolysis) is 1. The number of anilines is 1. The summed E-state index contributed by atoms with van der Waals surface area (Å²) in [6.07, 6.45) is 0.316. The Morgan fingerprint density at radius 3 is 2.15 bits per heavy atom. The largest absolute Gasteiger partial charge is 0.444 e. The average molecular weight is 585 g/mol. The fourth-order valence-electron chi connectivity index (χ4n) is 4.25. The maximum Gasteiger partial charge on any atom is 0.407 e. The first kappa shape index (κ1) is 33.5. The Morgan fingerprint density at radius 1 is 1.00 bits per heavy atom. The number of aryl methyl sites for hydroxylation is 2. The molecule has 0 aliphatic heterocycles. The first-order valence-electron chi connectivity index (χ1n) is 14.1. The first-order chi connectivity index (χ1) is 19.3. The van der Waals surface area contributed by atoms with Gasteiger partial charge in [-0.1, -0.05) is 45.9 Å². The topological polar surface area (TPSA) is 119 Å². The summed E-state index contributed by atoms with van der Waals surface area (Å²) in [6, 6.07) is 13.1. The molecule has 1 heterocycles. The van der Waals surface area contributed by atoms with Crippen LogP contribution in [0.1, 0.15) is 82.7 Å². The molecule has 224 valence electrons. The second-order valence-corrected chi connectivity index (χ2v) is 12.3. The summed E-state index contributed by atoms with van der Waals surface area (Å²) < 4.78 is 34.6. The van der Waals surface area contributed by atoms with E-state index in [1.54, 1.807) is 49.7 Å². The summed E-state index contributed by atoms with van der Waals surface area (Å²) in [4.78, 5) is 25.1. The van der Waals surface area contributed by atoms with Crippen molar-refractivity contribution in [2.24, 2.45) is 0 Å². The number of amides is 2. The number of carbonyl (C=O) groups excluding carboxylic acids is 2. The molecule has 0 fully saturated rings. The first-order valence-corrected chi connectivity index (χ1v) is 15.5. The number of ether oxygens (including phenoxy) is 1. The number of aromatic nitrogens is 2. The van der Waals surface area contributed by atoms with Gasteiger partial charge in [-0.05, 0) is 83.4 Å². The lowest BCUT2D eigenvalue weighted by Crippen LogP contribution is -2.40. The predicted molar refractivity (Wildman–Crippen MR) is 162 cm³/mol. The van der Waals surface area contributed by atoms with E-state index in [1.165, 1.54) is 12.1 Å². The highest BCUT2D eigenvalue weighted by atomic mass is 32.2. The summed E-state index contributed by atoms with van der Waals surface area (Å²) >= 11 is 0. The highest BCUT2D eigenvalue weighted by Crippen LogP contribution is 2.29. The second kappa shape index (κ2) is 14.3. The third-order valence-electron chi connectivity index (χ3n) is 6.04. The van der Waals surface area contributed by atoms with Gasteiger partial charge in [0.2, 0.25) is 9.84 Å². The van der Waals surface area contributed by atoms with Gasteiger partial charge in [0.05, 0.1) is 22.8 Å². The Hall–Kier alpha value is -3.66. The van der Waals surface area contributed by atoms with Crippen LogP contribution in [0.2, 0.25) is 0 Å². The fraction of sp³-hybridized carbons (Fsp3) is 0.452. The molecule has 0 bridgehead atoms. The van der Waals surface area contributed by atoms with Crippen LogP contribution in [-0.4, -0.2) is 41.8 Å². The molecule has 3 rings (SSSR count). The third-order valence-corrected chi connectivity index (χ3v) is 7.94. The molecule has 0 saturated heterocycles. The van der Waals surface area contributed by atoms with Crippen LogP contribution in [0, 0.1) is 6.92 Å². The van der Waals surface area contributed by atoms with Crippen LogP contribution in [-0.2, 0) is 34.0 Å². The van der Waals surface area contributed by atoms with Crippen LogP contribution in [0.5, 0.6) is 0 Å². The summed E-state index contributed by atoms with van der Waals surface area (Å²) in [6.45, 7) is 17.1. The number of nitrogens with zero attached hydrogens (tertiary/aromatic N) is 2. The lowest BCUT2D eigenvalue weighted by atomic mass is 10.1. The van der Waals surface area contributed by atoms with Gasteiger partial charge in [0.15, 0.2) is 0 Å². The Bertz CT molecular complexity index is 1440. The van der Waals surface area contributed by atoms with E-state index in [1.807, 2.05) is 53.7 Å². The maximum absolute atomic E-state index is 13.8. The zero-order valence-electron chi connectivity index (χ0n) is 25.7. The normalized spacial score (nSPS) is 12.1. The zero-order valence-corrected chi connectivity index (χ0v) is 26.5. The molecule has 0 saturated carbocycles. The van der Waals surface area contributed by atoms with Crippen molar-refractivity contribution in [2.45, 2.75) is 103 Å². The molecule has 0 radical (unpaired) electrons. The highest BCUT2D eigenvalue weighted by molar-refractivity contribution is 7.91. The Morgan fingerprint density at radius 2 is 1.61 bits per heavy atom. The molecule has 0 aliphatic rings. The van der Waals surface area contributed by atoms with Crippen molar-refractivity contribution in [1.82, 2.24) is 15.1 Å². The van der Waals surface area contributed by atoms with Gasteiger partial charge in [0.25, 0.3) is 5.91 Å². The van der Waals surface area contributed by atoms with Gasteiger partial charge in [-0.2, -0.15) is 5.10 Å². The quantitative estimate of drug-likeness (QED) is 0.303. The van der Waals surface area contributed by atoms with Gasteiger partial charge in [-0.3, -0.25) is 9.48 Å². The van der Waals surface area contributed by atoms with Crippen molar-refractivity contribution in [2.75, 3.05) is 5.32 Å². The minimum atomic E-state index is -3.90. The molecule has 0 unspecified atom stereocenters. The third kappa shape index (κ3) is 8.66. The van der Waals surface area contributed by atoms with E-state index < -0.39 is 21.5 Å². The zero-order chi connectivity index (χ0) is 31.0.